The first kappa shape index (κ1) is 51.3. The van der Waals surface area contributed by atoms with Gasteiger partial charge < -0.3 is 20.4 Å². The van der Waals surface area contributed by atoms with E-state index in [0.717, 1.165) is 0 Å². The van der Waals surface area contributed by atoms with E-state index in [1.54, 1.807) is 24.3 Å². The van der Waals surface area contributed by atoms with Crippen molar-refractivity contribution in [3.05, 3.63) is 95.0 Å². The highest BCUT2D eigenvalue weighted by molar-refractivity contribution is 7.89. The normalized spacial score (nSPS) is 13.1. The third-order valence-electron chi connectivity index (χ3n) is 9.07. The summed E-state index contributed by atoms with van der Waals surface area (Å²) in [6.45, 7) is 4.31. The Hall–Kier alpha value is -5.32. The largest absolute Gasteiger partial charge is 0.324 e. The lowest BCUT2D eigenvalue weighted by atomic mass is 10.0. The van der Waals surface area contributed by atoms with Gasteiger partial charge in [-0.05, 0) is 152 Å². The molecule has 342 valence electrons. The predicted molar refractivity (Wildman–Crippen MR) is 247 cm³/mol. The van der Waals surface area contributed by atoms with Crippen molar-refractivity contribution >= 4 is 89.4 Å². The fraction of sp³-hybridized carbons (Fsp3) is 0.333. The summed E-state index contributed by atoms with van der Waals surface area (Å²) in [6.07, 6.45) is 1.25. The van der Waals surface area contributed by atoms with Crippen LogP contribution in [0, 0.1) is 0 Å². The molecule has 0 aliphatic carbocycles. The van der Waals surface area contributed by atoms with E-state index in [-0.39, 0.29) is 55.7 Å². The van der Waals surface area contributed by atoms with Crippen molar-refractivity contribution in [2.45, 2.75) is 48.6 Å². The molecule has 0 saturated carbocycles. The van der Waals surface area contributed by atoms with Crippen molar-refractivity contribution in [1.82, 2.24) is 19.2 Å². The van der Waals surface area contributed by atoms with Crippen LogP contribution in [0.3, 0.4) is 0 Å². The maximum absolute atomic E-state index is 13.0. The van der Waals surface area contributed by atoms with E-state index in [1.165, 1.54) is 74.5 Å². The van der Waals surface area contributed by atoms with Gasteiger partial charge in [0, 0.05) is 24.5 Å². The Balaban J connectivity index is 1.38. The molecule has 4 N–H and O–H groups in total. The molecule has 22 heteroatoms. The number of amides is 2. The van der Waals surface area contributed by atoms with E-state index in [4.69, 9.17) is 23.2 Å². The second-order valence-corrected chi connectivity index (χ2v) is 19.3. The van der Waals surface area contributed by atoms with Crippen LogP contribution in [0.1, 0.15) is 26.7 Å². The summed E-state index contributed by atoms with van der Waals surface area (Å²) in [5.74, 6) is -2.78. The summed E-state index contributed by atoms with van der Waals surface area (Å²) in [6, 6.07) is 17.4. The highest BCUT2D eigenvalue weighted by Crippen LogP contribution is 2.35. The van der Waals surface area contributed by atoms with E-state index in [2.05, 4.69) is 40.5 Å². The minimum Gasteiger partial charge on any atom is -0.324 e. The van der Waals surface area contributed by atoms with E-state index in [1.807, 2.05) is 38.0 Å². The van der Waals surface area contributed by atoms with Crippen LogP contribution in [0.5, 0.6) is 0 Å². The number of hydrogen-bond acceptors (Lipinski definition) is 14. The Morgan fingerprint density at radius 1 is 0.562 bits per heavy atom. The zero-order valence-electron chi connectivity index (χ0n) is 36.0. The quantitative estimate of drug-likeness (QED) is 0.0358. The van der Waals surface area contributed by atoms with Crippen molar-refractivity contribution < 1.29 is 36.0 Å². The van der Waals surface area contributed by atoms with Crippen LogP contribution >= 0.6 is 23.2 Å². The first-order valence-electron chi connectivity index (χ1n) is 19.7. The Morgan fingerprint density at radius 3 is 1.20 bits per heavy atom. The average Bonchev–Trinajstić information content (AvgIpc) is 3.22. The molecule has 4 rings (SSSR count). The number of benzene rings is 4. The SMILES string of the molecule is CC(=O)C(N=Nc1ccc(-c2ccc(N=NC(C(C)=O)C(=O)Nc3ccc(S(=O)(=O)NCCCN(C)C)cc3)c(Cl)c2)cc1Cl)C(=O)Nc1ccc(S(=O)(=O)NCCCN(C)C)cc1. The van der Waals surface area contributed by atoms with Crippen molar-refractivity contribution in [2.24, 2.45) is 20.5 Å². The van der Waals surface area contributed by atoms with Gasteiger partial charge in [-0.25, -0.2) is 26.3 Å². The van der Waals surface area contributed by atoms with Crippen molar-refractivity contribution in [3.63, 3.8) is 0 Å². The topological polar surface area (TPSA) is 241 Å². The standard InChI is InChI=1S/C42H50Cl2N10O8S2/c1-27(55)39(41(57)47-31-11-15-33(16-12-31)63(59,60)45-21-7-23-53(3)4)51-49-37-19-9-29(25-35(37)43)30-10-20-38(36(44)26-30)50-52-40(28(2)56)42(58)48-32-13-17-34(18-14-32)64(61,62)46-22-8-24-54(5)6/h9-20,25-26,39-40,45-46H,7-8,21-24H2,1-6H3,(H,47,57)(H,48,58). The van der Waals surface area contributed by atoms with Crippen molar-refractivity contribution in [2.75, 3.05) is 65.0 Å². The number of Topliss-reactive ketones (excluding diaryl/α,β-unsaturated/α-hetero) is 2. The number of hydrogen-bond donors (Lipinski definition) is 4. The van der Waals surface area contributed by atoms with Gasteiger partial charge in [-0.1, -0.05) is 35.3 Å². The maximum Gasteiger partial charge on any atom is 0.258 e. The molecule has 18 nitrogen and oxygen atoms in total. The second kappa shape index (κ2) is 23.6. The summed E-state index contributed by atoms with van der Waals surface area (Å²) in [5.41, 5.74) is 2.00. The minimum atomic E-state index is -3.76. The first-order valence-corrected chi connectivity index (χ1v) is 23.4. The zero-order valence-corrected chi connectivity index (χ0v) is 39.1. The average molecular weight is 958 g/mol. The van der Waals surface area contributed by atoms with Crippen LogP contribution in [-0.2, 0) is 39.2 Å². The van der Waals surface area contributed by atoms with Gasteiger partial charge in [-0.2, -0.15) is 20.5 Å². The fourth-order valence-corrected chi connectivity index (χ4v) is 8.22. The molecule has 0 heterocycles. The summed E-state index contributed by atoms with van der Waals surface area (Å²) in [7, 11) is 0.0509. The molecule has 0 saturated heterocycles. The number of azo groups is 2. The molecule has 0 aromatic heterocycles. The Kier molecular flexibility index (Phi) is 18.9. The van der Waals surface area contributed by atoms with Gasteiger partial charge in [-0.15, -0.1) is 0 Å². The van der Waals surface area contributed by atoms with E-state index in [9.17, 15) is 36.0 Å². The fourth-order valence-electron chi connectivity index (χ4n) is 5.64. The number of halogens is 2. The lowest BCUT2D eigenvalue weighted by Gasteiger charge is -2.12. The van der Waals surface area contributed by atoms with Gasteiger partial charge in [0.15, 0.2) is 11.6 Å². The van der Waals surface area contributed by atoms with Gasteiger partial charge in [0.05, 0.1) is 19.8 Å². The van der Waals surface area contributed by atoms with E-state index >= 15 is 0 Å². The summed E-state index contributed by atoms with van der Waals surface area (Å²) < 4.78 is 55.6. The van der Waals surface area contributed by atoms with Crippen LogP contribution in [0.25, 0.3) is 11.1 Å². The molecule has 4 aromatic rings. The monoisotopic (exact) mass is 956 g/mol. The number of sulfonamides is 2. The van der Waals surface area contributed by atoms with Crippen LogP contribution in [0.15, 0.2) is 115 Å². The van der Waals surface area contributed by atoms with Crippen molar-refractivity contribution in [3.8, 4) is 11.1 Å². The lowest BCUT2D eigenvalue weighted by Crippen LogP contribution is -2.31. The Bertz CT molecular complexity index is 2410. The summed E-state index contributed by atoms with van der Waals surface area (Å²) in [4.78, 5) is 54.8. The molecule has 0 aliphatic heterocycles. The lowest BCUT2D eigenvalue weighted by molar-refractivity contribution is -0.127. The summed E-state index contributed by atoms with van der Waals surface area (Å²) >= 11 is 13.1. The molecular formula is C42H50Cl2N10O8S2. The molecule has 0 spiro atoms. The first-order chi connectivity index (χ1) is 30.2. The Labute approximate surface area is 383 Å². The van der Waals surface area contributed by atoms with Gasteiger partial charge >= 0.3 is 0 Å². The molecule has 4 aromatic carbocycles. The summed E-state index contributed by atoms with van der Waals surface area (Å²) in [5, 5.41) is 21.4. The van der Waals surface area contributed by atoms with E-state index < -0.39 is 55.5 Å². The number of anilines is 2. The van der Waals surface area contributed by atoms with Crippen LogP contribution in [-0.4, -0.2) is 116 Å². The predicted octanol–water partition coefficient (Wildman–Crippen LogP) is 6.48. The minimum absolute atomic E-state index is 0.0128. The third kappa shape index (κ3) is 15.4. The van der Waals surface area contributed by atoms with Crippen LogP contribution in [0.4, 0.5) is 22.7 Å². The molecule has 0 radical (unpaired) electrons. The zero-order chi connectivity index (χ0) is 47.2. The molecule has 64 heavy (non-hydrogen) atoms. The van der Waals surface area contributed by atoms with Crippen LogP contribution < -0.4 is 20.1 Å². The van der Waals surface area contributed by atoms with Crippen molar-refractivity contribution in [1.29, 1.82) is 0 Å². The number of rotatable bonds is 23. The number of nitrogens with zero attached hydrogens (tertiary/aromatic N) is 6. The highest BCUT2D eigenvalue weighted by atomic mass is 35.5. The second-order valence-electron chi connectivity index (χ2n) is 14.9. The number of carbonyl (C=O) groups excluding carboxylic acids is 4. The third-order valence-corrected chi connectivity index (χ3v) is 12.6. The highest BCUT2D eigenvalue weighted by Gasteiger charge is 2.25. The van der Waals surface area contributed by atoms with Gasteiger partial charge in [-0.3, -0.25) is 19.2 Å². The molecule has 2 amide bonds. The Morgan fingerprint density at radius 2 is 0.906 bits per heavy atom. The van der Waals surface area contributed by atoms with E-state index in [0.29, 0.717) is 37.1 Å². The van der Waals surface area contributed by atoms with Gasteiger partial charge in [0.1, 0.15) is 11.4 Å². The molecule has 0 fully saturated rings. The van der Waals surface area contributed by atoms with Crippen LogP contribution in [0.2, 0.25) is 10.0 Å². The maximum atomic E-state index is 13.0. The number of nitrogens with one attached hydrogen (secondary N) is 4. The molecule has 0 aliphatic rings. The molecule has 2 unspecified atom stereocenters. The molecule has 2 atom stereocenters. The number of ketones is 2. The van der Waals surface area contributed by atoms with Gasteiger partial charge in [0.2, 0.25) is 32.1 Å². The smallest absolute Gasteiger partial charge is 0.258 e. The molecule has 0 bridgehead atoms. The molecular weight excluding hydrogens is 908 g/mol. The number of carbonyl (C=O) groups is 4. The van der Waals surface area contributed by atoms with Gasteiger partial charge in [0.25, 0.3) is 11.8 Å².